The van der Waals surface area contributed by atoms with E-state index in [9.17, 15) is 4.79 Å². The van der Waals surface area contributed by atoms with Crippen molar-refractivity contribution in [2.45, 2.75) is 40.0 Å². The number of carbonyl (C=O) groups is 1. The van der Waals surface area contributed by atoms with Crippen molar-refractivity contribution in [2.75, 3.05) is 0 Å². The highest BCUT2D eigenvalue weighted by atomic mass is 16.1. The van der Waals surface area contributed by atoms with E-state index in [4.69, 9.17) is 0 Å². The normalized spacial score (nSPS) is 21.0. The Hall–Kier alpha value is -0.590. The molecule has 0 N–H and O–H groups in total. The molecule has 1 nitrogen and oxygen atoms in total. The average Bonchev–Trinajstić information content (AvgIpc) is 2.03. The number of rotatable bonds is 2. The maximum absolute atomic E-state index is 11.1. The van der Waals surface area contributed by atoms with Crippen molar-refractivity contribution in [1.82, 2.24) is 0 Å². The second-order valence-electron chi connectivity index (χ2n) is 4.07. The molecule has 68 valence electrons. The number of hydrogen-bond donors (Lipinski definition) is 0. The molecule has 1 heteroatoms. The minimum Gasteiger partial charge on any atom is -0.295 e. The molecule has 0 aromatic rings. The van der Waals surface area contributed by atoms with Crippen molar-refractivity contribution in [3.8, 4) is 0 Å². The summed E-state index contributed by atoms with van der Waals surface area (Å²) in [5, 5.41) is 0. The Morgan fingerprint density at radius 2 is 1.92 bits per heavy atom. The summed E-state index contributed by atoms with van der Waals surface area (Å²) in [6.07, 6.45) is 4.81. The predicted molar refractivity (Wildman–Crippen MR) is 50.9 cm³/mol. The Kier molecular flexibility index (Phi) is 3.07. The van der Waals surface area contributed by atoms with E-state index in [-0.39, 0.29) is 0 Å². The third-order valence-corrected chi connectivity index (χ3v) is 2.82. The molecule has 0 aliphatic heterocycles. The standard InChI is InChI=1S/C11H18O/c1-8(2)9(3)10-5-4-6-11(12)7-10/h7-9H,4-6H2,1-3H3. The van der Waals surface area contributed by atoms with Crippen LogP contribution in [-0.4, -0.2) is 5.78 Å². The molecule has 0 spiro atoms. The summed E-state index contributed by atoms with van der Waals surface area (Å²) in [4.78, 5) is 11.1. The molecule has 0 fully saturated rings. The molecular formula is C11H18O. The van der Waals surface area contributed by atoms with Crippen molar-refractivity contribution < 1.29 is 4.79 Å². The van der Waals surface area contributed by atoms with Gasteiger partial charge in [-0.3, -0.25) is 4.79 Å². The van der Waals surface area contributed by atoms with Gasteiger partial charge in [0, 0.05) is 6.42 Å². The fourth-order valence-electron chi connectivity index (χ4n) is 1.61. The first-order valence-corrected chi connectivity index (χ1v) is 4.84. The highest BCUT2D eigenvalue weighted by Gasteiger charge is 2.17. The Morgan fingerprint density at radius 1 is 1.25 bits per heavy atom. The number of carbonyl (C=O) groups excluding carboxylic acids is 1. The van der Waals surface area contributed by atoms with Crippen LogP contribution < -0.4 is 0 Å². The summed E-state index contributed by atoms with van der Waals surface area (Å²) in [7, 11) is 0. The summed E-state index contributed by atoms with van der Waals surface area (Å²) < 4.78 is 0. The van der Waals surface area contributed by atoms with Crippen LogP contribution in [0.4, 0.5) is 0 Å². The molecule has 0 radical (unpaired) electrons. The first-order valence-electron chi connectivity index (χ1n) is 4.84. The molecule has 12 heavy (non-hydrogen) atoms. The van der Waals surface area contributed by atoms with E-state index < -0.39 is 0 Å². The smallest absolute Gasteiger partial charge is 0.155 e. The van der Waals surface area contributed by atoms with E-state index >= 15 is 0 Å². The quantitative estimate of drug-likeness (QED) is 0.616. The first kappa shape index (κ1) is 9.50. The number of allylic oxidation sites excluding steroid dienone is 2. The Bertz CT molecular complexity index is 201. The van der Waals surface area contributed by atoms with Gasteiger partial charge in [0.15, 0.2) is 5.78 Å². The van der Waals surface area contributed by atoms with Crippen LogP contribution in [0.5, 0.6) is 0 Å². The van der Waals surface area contributed by atoms with Crippen LogP contribution in [0.2, 0.25) is 0 Å². The van der Waals surface area contributed by atoms with E-state index in [1.165, 1.54) is 5.57 Å². The summed E-state index contributed by atoms with van der Waals surface area (Å²) in [6.45, 7) is 6.64. The van der Waals surface area contributed by atoms with Crippen LogP contribution >= 0.6 is 0 Å². The Morgan fingerprint density at radius 3 is 2.42 bits per heavy atom. The molecule has 0 saturated heterocycles. The van der Waals surface area contributed by atoms with E-state index in [1.54, 1.807) is 0 Å². The lowest BCUT2D eigenvalue weighted by molar-refractivity contribution is -0.115. The van der Waals surface area contributed by atoms with Crippen LogP contribution in [0.3, 0.4) is 0 Å². The van der Waals surface area contributed by atoms with Crippen molar-refractivity contribution >= 4 is 5.78 Å². The number of hydrogen-bond acceptors (Lipinski definition) is 1. The minimum absolute atomic E-state index is 0.323. The summed E-state index contributed by atoms with van der Waals surface area (Å²) in [5.41, 5.74) is 1.36. The van der Waals surface area contributed by atoms with Gasteiger partial charge in [-0.1, -0.05) is 26.3 Å². The molecule has 1 aliphatic carbocycles. The fourth-order valence-corrected chi connectivity index (χ4v) is 1.61. The second kappa shape index (κ2) is 3.88. The molecule has 0 saturated carbocycles. The third-order valence-electron chi connectivity index (χ3n) is 2.82. The second-order valence-corrected chi connectivity index (χ2v) is 4.07. The molecule has 0 aromatic heterocycles. The van der Waals surface area contributed by atoms with E-state index in [1.807, 2.05) is 6.08 Å². The third kappa shape index (κ3) is 2.20. The largest absolute Gasteiger partial charge is 0.295 e. The van der Waals surface area contributed by atoms with Crippen LogP contribution in [-0.2, 0) is 4.79 Å². The van der Waals surface area contributed by atoms with Crippen LogP contribution in [0.1, 0.15) is 40.0 Å². The monoisotopic (exact) mass is 166 g/mol. The molecule has 0 aromatic carbocycles. The van der Waals surface area contributed by atoms with Gasteiger partial charge in [-0.05, 0) is 30.8 Å². The zero-order chi connectivity index (χ0) is 9.14. The topological polar surface area (TPSA) is 17.1 Å². The Balaban J connectivity index is 2.67. The SMILES string of the molecule is CC(C)C(C)C1=CC(=O)CCC1. The van der Waals surface area contributed by atoms with Crippen LogP contribution in [0.15, 0.2) is 11.6 Å². The van der Waals surface area contributed by atoms with Gasteiger partial charge < -0.3 is 0 Å². The highest BCUT2D eigenvalue weighted by Crippen LogP contribution is 2.27. The van der Waals surface area contributed by atoms with E-state index in [0.717, 1.165) is 19.3 Å². The lowest BCUT2D eigenvalue weighted by Gasteiger charge is -2.21. The van der Waals surface area contributed by atoms with Gasteiger partial charge in [-0.25, -0.2) is 0 Å². The van der Waals surface area contributed by atoms with Gasteiger partial charge in [-0.2, -0.15) is 0 Å². The molecule has 1 aliphatic rings. The van der Waals surface area contributed by atoms with Crippen molar-refractivity contribution in [2.24, 2.45) is 11.8 Å². The van der Waals surface area contributed by atoms with Crippen LogP contribution in [0.25, 0.3) is 0 Å². The molecule has 0 amide bonds. The first-order chi connectivity index (χ1) is 5.61. The van der Waals surface area contributed by atoms with Gasteiger partial charge in [0.05, 0.1) is 0 Å². The maximum atomic E-state index is 11.1. The van der Waals surface area contributed by atoms with Gasteiger partial charge in [0.25, 0.3) is 0 Å². The fraction of sp³-hybridized carbons (Fsp3) is 0.727. The summed E-state index contributed by atoms with van der Waals surface area (Å²) in [6, 6.07) is 0. The van der Waals surface area contributed by atoms with E-state index in [2.05, 4.69) is 20.8 Å². The van der Waals surface area contributed by atoms with E-state index in [0.29, 0.717) is 17.6 Å². The molecule has 1 rings (SSSR count). The van der Waals surface area contributed by atoms with Crippen LogP contribution in [0, 0.1) is 11.8 Å². The van der Waals surface area contributed by atoms with Gasteiger partial charge in [-0.15, -0.1) is 0 Å². The lowest BCUT2D eigenvalue weighted by Crippen LogP contribution is -2.13. The molecule has 0 heterocycles. The average molecular weight is 166 g/mol. The Labute approximate surface area is 74.9 Å². The highest BCUT2D eigenvalue weighted by molar-refractivity contribution is 5.91. The lowest BCUT2D eigenvalue weighted by atomic mass is 9.83. The van der Waals surface area contributed by atoms with Crippen molar-refractivity contribution in [1.29, 1.82) is 0 Å². The molecule has 0 bridgehead atoms. The molecular weight excluding hydrogens is 148 g/mol. The zero-order valence-corrected chi connectivity index (χ0v) is 8.26. The maximum Gasteiger partial charge on any atom is 0.155 e. The summed E-state index contributed by atoms with van der Waals surface area (Å²) in [5.74, 6) is 1.56. The summed E-state index contributed by atoms with van der Waals surface area (Å²) >= 11 is 0. The minimum atomic E-state index is 0.323. The number of ketones is 1. The van der Waals surface area contributed by atoms with Crippen molar-refractivity contribution in [3.63, 3.8) is 0 Å². The predicted octanol–water partition coefficient (Wildman–Crippen LogP) is 2.96. The molecule has 1 atom stereocenters. The van der Waals surface area contributed by atoms with Gasteiger partial charge in [0.1, 0.15) is 0 Å². The van der Waals surface area contributed by atoms with Gasteiger partial charge in [0.2, 0.25) is 0 Å². The van der Waals surface area contributed by atoms with Gasteiger partial charge >= 0.3 is 0 Å². The molecule has 1 unspecified atom stereocenters. The van der Waals surface area contributed by atoms with Crippen molar-refractivity contribution in [3.05, 3.63) is 11.6 Å². The zero-order valence-electron chi connectivity index (χ0n) is 8.26.